The van der Waals surface area contributed by atoms with Crippen molar-refractivity contribution in [1.82, 2.24) is 16.0 Å². The van der Waals surface area contributed by atoms with Crippen LogP contribution in [0.15, 0.2) is 18.2 Å². The van der Waals surface area contributed by atoms with E-state index in [0.29, 0.717) is 37.1 Å². The number of terminal acetylenes is 1. The third-order valence-electron chi connectivity index (χ3n) is 5.48. The monoisotopic (exact) mass is 689 g/mol. The average Bonchev–Trinajstić information content (AvgIpc) is 2.98. The molecule has 2 amide bonds. The Morgan fingerprint density at radius 3 is 2.17 bits per heavy atom. The van der Waals surface area contributed by atoms with Crippen LogP contribution in [0.25, 0.3) is 0 Å². The lowest BCUT2D eigenvalue weighted by molar-refractivity contribution is -0.156. The molecule has 41 heavy (non-hydrogen) atoms. The Hall–Kier alpha value is -3.26. The first-order valence-corrected chi connectivity index (χ1v) is 13.7. The van der Waals surface area contributed by atoms with Crippen molar-refractivity contribution in [3.8, 4) is 12.3 Å². The number of halogens is 1. The first kappa shape index (κ1) is 35.8. The van der Waals surface area contributed by atoms with Crippen molar-refractivity contribution >= 4 is 52.3 Å². The molecule has 0 spiro atoms. The highest BCUT2D eigenvalue weighted by molar-refractivity contribution is 14.1. The first-order chi connectivity index (χ1) is 19.7. The third-order valence-corrected chi connectivity index (χ3v) is 6.42. The predicted octanol–water partition coefficient (Wildman–Crippen LogP) is 0.168. The molecule has 0 saturated heterocycles. The second-order valence-electron chi connectivity index (χ2n) is 8.33. The van der Waals surface area contributed by atoms with E-state index in [1.165, 1.54) is 7.11 Å². The second kappa shape index (κ2) is 20.6. The van der Waals surface area contributed by atoms with Gasteiger partial charge < -0.3 is 34.3 Å². The minimum absolute atomic E-state index is 0.156. The summed E-state index contributed by atoms with van der Waals surface area (Å²) in [7, 11) is 3.41. The largest absolute Gasteiger partial charge is 0.468 e. The fraction of sp³-hybridized carbons (Fsp3) is 0.519. The van der Waals surface area contributed by atoms with Crippen LogP contribution in [0.4, 0.5) is 0 Å². The summed E-state index contributed by atoms with van der Waals surface area (Å²) in [5, 5.41) is 8.07. The van der Waals surface area contributed by atoms with Crippen molar-refractivity contribution in [2.75, 3.05) is 60.8 Å². The van der Waals surface area contributed by atoms with Gasteiger partial charge in [-0.3, -0.25) is 19.7 Å². The quantitative estimate of drug-likeness (QED) is 0.0453. The molecule has 1 atom stereocenters. The number of hydrogen-bond acceptors (Lipinski definition) is 11. The summed E-state index contributed by atoms with van der Waals surface area (Å²) in [5.74, 6) is -0.511. The minimum atomic E-state index is -1.48. The van der Waals surface area contributed by atoms with Gasteiger partial charge >= 0.3 is 17.9 Å². The molecule has 1 rings (SSSR count). The lowest BCUT2D eigenvalue weighted by Crippen LogP contribution is -2.52. The minimum Gasteiger partial charge on any atom is -0.468 e. The van der Waals surface area contributed by atoms with Crippen molar-refractivity contribution in [2.45, 2.75) is 31.3 Å². The lowest BCUT2D eigenvalue weighted by atomic mass is 10.1. The van der Waals surface area contributed by atoms with Gasteiger partial charge in [-0.1, -0.05) is 5.92 Å². The summed E-state index contributed by atoms with van der Waals surface area (Å²) >= 11 is 2.07. The number of carbonyl (C=O) groups is 5. The number of ether oxygens (including phenoxy) is 5. The highest BCUT2D eigenvalue weighted by Gasteiger charge is 2.33. The Morgan fingerprint density at radius 1 is 0.878 bits per heavy atom. The van der Waals surface area contributed by atoms with Gasteiger partial charge in [0.2, 0.25) is 11.9 Å². The molecule has 0 aliphatic rings. The number of esters is 3. The van der Waals surface area contributed by atoms with Crippen LogP contribution < -0.4 is 16.0 Å². The Kier molecular flexibility index (Phi) is 18.0. The van der Waals surface area contributed by atoms with Gasteiger partial charge in [0.15, 0.2) is 0 Å². The molecule has 14 heteroatoms. The van der Waals surface area contributed by atoms with Crippen molar-refractivity contribution in [3.05, 3.63) is 32.9 Å². The average molecular weight is 690 g/mol. The van der Waals surface area contributed by atoms with E-state index in [0.717, 1.165) is 17.8 Å². The van der Waals surface area contributed by atoms with Gasteiger partial charge in [-0.25, -0.2) is 9.59 Å². The molecule has 0 fully saturated rings. The van der Waals surface area contributed by atoms with Crippen LogP contribution >= 0.6 is 22.6 Å². The van der Waals surface area contributed by atoms with Crippen LogP contribution in [-0.4, -0.2) is 103 Å². The first-order valence-electron chi connectivity index (χ1n) is 12.6. The van der Waals surface area contributed by atoms with Crippen LogP contribution in [0.3, 0.4) is 0 Å². The number of hydrogen-bond donors (Lipinski definition) is 3. The highest BCUT2D eigenvalue weighted by Crippen LogP contribution is 2.14. The zero-order valence-corrected chi connectivity index (χ0v) is 25.4. The zero-order valence-electron chi connectivity index (χ0n) is 23.3. The number of benzene rings is 1. The Morgan fingerprint density at radius 2 is 1.54 bits per heavy atom. The topological polar surface area (TPSA) is 168 Å². The molecule has 3 N–H and O–H groups in total. The highest BCUT2D eigenvalue weighted by atomic mass is 127. The Balaban J connectivity index is 2.20. The summed E-state index contributed by atoms with van der Waals surface area (Å²) in [6, 6.07) is 2.77. The molecule has 1 aromatic carbocycles. The maximum absolute atomic E-state index is 12.3. The van der Waals surface area contributed by atoms with E-state index >= 15 is 0 Å². The SMILES string of the molecule is C#Cc1ccc(I)c(C(=O)NCCOCCOCC(=O)NCCCCC(NC(C(=O)OC)C(=O)OC)C(=O)OC)c1. The number of unbranched alkanes of at least 4 members (excludes halogenated alkanes) is 1. The predicted molar refractivity (Wildman–Crippen MR) is 155 cm³/mol. The van der Waals surface area contributed by atoms with Crippen molar-refractivity contribution in [1.29, 1.82) is 0 Å². The Bertz CT molecular complexity index is 1060. The van der Waals surface area contributed by atoms with Gasteiger partial charge in [0.1, 0.15) is 12.6 Å². The van der Waals surface area contributed by atoms with Crippen LogP contribution in [0.5, 0.6) is 0 Å². The molecule has 0 bridgehead atoms. The van der Waals surface area contributed by atoms with E-state index in [4.69, 9.17) is 20.6 Å². The van der Waals surface area contributed by atoms with E-state index in [1.807, 2.05) is 0 Å². The van der Waals surface area contributed by atoms with Crippen LogP contribution in [0.1, 0.15) is 35.2 Å². The summed E-state index contributed by atoms with van der Waals surface area (Å²) in [5.41, 5.74) is 1.13. The fourth-order valence-electron chi connectivity index (χ4n) is 3.34. The molecule has 1 aromatic rings. The molecule has 0 heterocycles. The van der Waals surface area contributed by atoms with E-state index in [9.17, 15) is 24.0 Å². The van der Waals surface area contributed by atoms with E-state index in [2.05, 4.69) is 53.9 Å². The molecule has 0 saturated carbocycles. The normalized spacial score (nSPS) is 11.2. The molecule has 0 radical (unpaired) electrons. The van der Waals surface area contributed by atoms with Gasteiger partial charge in [-0.15, -0.1) is 6.42 Å². The summed E-state index contributed by atoms with van der Waals surface area (Å²) < 4.78 is 25.4. The van der Waals surface area contributed by atoms with Gasteiger partial charge in [0, 0.05) is 22.2 Å². The van der Waals surface area contributed by atoms with E-state index in [-0.39, 0.29) is 44.7 Å². The van der Waals surface area contributed by atoms with Crippen molar-refractivity contribution in [2.24, 2.45) is 0 Å². The van der Waals surface area contributed by atoms with Gasteiger partial charge in [-0.2, -0.15) is 0 Å². The molecular formula is C27H36IN3O10. The second-order valence-corrected chi connectivity index (χ2v) is 9.49. The molecule has 226 valence electrons. The van der Waals surface area contributed by atoms with Crippen LogP contribution in [-0.2, 0) is 42.9 Å². The molecule has 0 aliphatic heterocycles. The number of carbonyl (C=O) groups excluding carboxylic acids is 5. The maximum atomic E-state index is 12.3. The van der Waals surface area contributed by atoms with Crippen LogP contribution in [0, 0.1) is 15.9 Å². The van der Waals surface area contributed by atoms with E-state index in [1.54, 1.807) is 18.2 Å². The zero-order chi connectivity index (χ0) is 30.6. The van der Waals surface area contributed by atoms with Gasteiger partial charge in [0.05, 0.1) is 46.7 Å². The number of methoxy groups -OCH3 is 3. The Labute approximate surface area is 252 Å². The molecule has 0 aliphatic carbocycles. The standard InChI is InChI=1S/C27H36IN3O10/c1-5-18-9-10-20(28)19(16-18)24(33)30-12-13-40-14-15-41-17-22(32)29-11-7-6-8-21(25(34)37-2)31-23(26(35)38-3)27(36)39-4/h1,9-10,16,21,23,31H,6-8,11-15,17H2,2-4H3,(H,29,32)(H,30,33). The number of rotatable bonds is 19. The molecule has 1 unspecified atom stereocenters. The van der Waals surface area contributed by atoms with Gasteiger partial charge in [-0.05, 0) is 60.1 Å². The van der Waals surface area contributed by atoms with Crippen molar-refractivity contribution in [3.63, 3.8) is 0 Å². The van der Waals surface area contributed by atoms with Crippen LogP contribution in [0.2, 0.25) is 0 Å². The van der Waals surface area contributed by atoms with Gasteiger partial charge in [0.25, 0.3) is 5.91 Å². The lowest BCUT2D eigenvalue weighted by Gasteiger charge is -2.21. The van der Waals surface area contributed by atoms with E-state index < -0.39 is 30.0 Å². The summed E-state index contributed by atoms with van der Waals surface area (Å²) in [6.07, 6.45) is 6.61. The molecule has 13 nitrogen and oxygen atoms in total. The molecule has 0 aromatic heterocycles. The fourth-order valence-corrected chi connectivity index (χ4v) is 3.92. The maximum Gasteiger partial charge on any atom is 0.334 e. The summed E-state index contributed by atoms with van der Waals surface area (Å²) in [6.45, 7) is 1.18. The number of amides is 2. The summed E-state index contributed by atoms with van der Waals surface area (Å²) in [4.78, 5) is 60.0. The molecular weight excluding hydrogens is 653 g/mol. The number of nitrogens with one attached hydrogen (secondary N) is 3. The van der Waals surface area contributed by atoms with Crippen molar-refractivity contribution < 1.29 is 47.7 Å². The smallest absolute Gasteiger partial charge is 0.334 e. The third kappa shape index (κ3) is 13.8.